The summed E-state index contributed by atoms with van der Waals surface area (Å²) in [5.41, 5.74) is 10.9. The number of benzene rings is 2. The molecule has 0 radical (unpaired) electrons. The van der Waals surface area contributed by atoms with Crippen LogP contribution in [0.3, 0.4) is 0 Å². The average molecular weight is 475 g/mol. The largest absolute Gasteiger partial charge is 0.489 e. The maximum absolute atomic E-state index is 13.4. The number of aryl methyl sites for hydroxylation is 1. The predicted molar refractivity (Wildman–Crippen MR) is 131 cm³/mol. The molecular weight excluding hydrogens is 444 g/mol. The van der Waals surface area contributed by atoms with Crippen molar-refractivity contribution in [2.24, 2.45) is 11.7 Å². The van der Waals surface area contributed by atoms with Crippen LogP contribution in [0.15, 0.2) is 54.6 Å². The average Bonchev–Trinajstić information content (AvgIpc) is 3.47. The van der Waals surface area contributed by atoms with E-state index in [1.165, 1.54) is 0 Å². The Balaban J connectivity index is 1.29. The van der Waals surface area contributed by atoms with E-state index in [-0.39, 0.29) is 11.9 Å². The molecule has 8 heteroatoms. The molecule has 1 aliphatic heterocycles. The summed E-state index contributed by atoms with van der Waals surface area (Å²) in [6, 6.07) is 17.2. The Morgan fingerprint density at radius 2 is 2.00 bits per heavy atom. The number of nitrogens with one attached hydrogen (secondary N) is 1. The first kappa shape index (κ1) is 23.3. The summed E-state index contributed by atoms with van der Waals surface area (Å²) in [7, 11) is 0. The lowest BCUT2D eigenvalue weighted by molar-refractivity contribution is -0.139. The summed E-state index contributed by atoms with van der Waals surface area (Å²) in [6.45, 7) is 2.86. The minimum Gasteiger partial charge on any atom is -0.489 e. The molecule has 1 unspecified atom stereocenters. The first-order valence-corrected chi connectivity index (χ1v) is 12.0. The van der Waals surface area contributed by atoms with E-state index in [1.54, 1.807) is 10.4 Å². The van der Waals surface area contributed by atoms with Crippen molar-refractivity contribution >= 4 is 22.7 Å². The van der Waals surface area contributed by atoms with Crippen molar-refractivity contribution in [3.8, 4) is 5.75 Å². The molecule has 2 heterocycles. The van der Waals surface area contributed by atoms with Gasteiger partial charge in [0.25, 0.3) is 0 Å². The van der Waals surface area contributed by atoms with Crippen LogP contribution < -0.4 is 16.0 Å². The Morgan fingerprint density at radius 1 is 1.23 bits per heavy atom. The normalized spacial score (nSPS) is 24.2. The van der Waals surface area contributed by atoms with E-state index in [4.69, 9.17) is 15.7 Å². The van der Waals surface area contributed by atoms with Gasteiger partial charge in [0.15, 0.2) is 0 Å². The molecule has 8 nitrogen and oxygen atoms in total. The summed E-state index contributed by atoms with van der Waals surface area (Å²) >= 11 is 0. The monoisotopic (exact) mass is 474 g/mol. The second-order valence-electron chi connectivity index (χ2n) is 9.55. The quantitative estimate of drug-likeness (QED) is 0.373. The SMILES string of the molecule is Cc1cc(COc2ccc([C@@]3(N)CCN(C4CCC[C@@H]4C(=O)NO)C3=O)cc2)c2ccccc2n1. The number of carbonyl (C=O) groups is 2. The summed E-state index contributed by atoms with van der Waals surface area (Å²) in [6.07, 6.45) is 2.69. The van der Waals surface area contributed by atoms with Crippen molar-refractivity contribution in [2.75, 3.05) is 6.54 Å². The van der Waals surface area contributed by atoms with E-state index in [2.05, 4.69) is 4.98 Å². The van der Waals surface area contributed by atoms with Crippen LogP contribution in [0, 0.1) is 12.8 Å². The summed E-state index contributed by atoms with van der Waals surface area (Å²) in [4.78, 5) is 31.8. The van der Waals surface area contributed by atoms with E-state index in [0.717, 1.165) is 40.6 Å². The fourth-order valence-electron chi connectivity index (χ4n) is 5.57. The molecule has 0 spiro atoms. The Morgan fingerprint density at radius 3 is 2.77 bits per heavy atom. The lowest BCUT2D eigenvalue weighted by Gasteiger charge is -2.30. The van der Waals surface area contributed by atoms with Gasteiger partial charge in [-0.3, -0.25) is 19.8 Å². The van der Waals surface area contributed by atoms with Crippen LogP contribution in [0.5, 0.6) is 5.75 Å². The van der Waals surface area contributed by atoms with E-state index < -0.39 is 17.4 Å². The molecule has 35 heavy (non-hydrogen) atoms. The van der Waals surface area contributed by atoms with Crippen LogP contribution in [0.25, 0.3) is 10.9 Å². The summed E-state index contributed by atoms with van der Waals surface area (Å²) < 4.78 is 6.06. The predicted octanol–water partition coefficient (Wildman–Crippen LogP) is 3.18. The molecule has 2 aliphatic rings. The molecule has 182 valence electrons. The highest BCUT2D eigenvalue weighted by molar-refractivity contribution is 5.91. The first-order chi connectivity index (χ1) is 16.9. The van der Waals surface area contributed by atoms with Crippen molar-refractivity contribution < 1.29 is 19.5 Å². The number of ether oxygens (including phenoxy) is 1. The zero-order valence-electron chi connectivity index (χ0n) is 19.7. The molecule has 5 rings (SSSR count). The van der Waals surface area contributed by atoms with E-state index in [9.17, 15) is 9.59 Å². The third-order valence-corrected chi connectivity index (χ3v) is 7.41. The molecule has 2 amide bonds. The highest BCUT2D eigenvalue weighted by atomic mass is 16.5. The molecule has 2 fully saturated rings. The minimum atomic E-state index is -1.14. The number of nitrogens with zero attached hydrogens (tertiary/aromatic N) is 2. The highest BCUT2D eigenvalue weighted by Gasteiger charge is 2.50. The second kappa shape index (κ2) is 9.28. The van der Waals surface area contributed by atoms with Crippen LogP contribution in [-0.2, 0) is 21.7 Å². The molecule has 1 aromatic heterocycles. The Bertz CT molecular complexity index is 1260. The Kier molecular flexibility index (Phi) is 6.17. The Labute approximate surface area is 204 Å². The van der Waals surface area contributed by atoms with Crippen LogP contribution >= 0.6 is 0 Å². The van der Waals surface area contributed by atoms with Gasteiger partial charge < -0.3 is 15.4 Å². The van der Waals surface area contributed by atoms with Crippen molar-refractivity contribution in [1.29, 1.82) is 0 Å². The standard InChI is InChI=1S/C27H30N4O4/c1-17-15-18(21-5-2-3-7-23(21)29-17)16-35-20-11-9-19(10-12-20)27(28)13-14-31(26(27)33)24-8-4-6-22(24)25(32)30-34/h2-3,5,7,9-12,15,22,24,34H,4,6,8,13-14,16,28H2,1H3,(H,30,32)/t22-,24?,27-/m0/s1. The third-order valence-electron chi connectivity index (χ3n) is 7.41. The number of amides is 2. The molecule has 1 saturated heterocycles. The zero-order chi connectivity index (χ0) is 24.6. The number of hydrogen-bond acceptors (Lipinski definition) is 6. The number of fused-ring (bicyclic) bond motifs is 1. The molecule has 1 saturated carbocycles. The number of rotatable bonds is 6. The van der Waals surface area contributed by atoms with Crippen molar-refractivity contribution in [2.45, 2.75) is 50.8 Å². The lowest BCUT2D eigenvalue weighted by atomic mass is 9.89. The van der Waals surface area contributed by atoms with Gasteiger partial charge in [-0.25, -0.2) is 5.48 Å². The number of aromatic nitrogens is 1. The number of hydroxylamine groups is 1. The topological polar surface area (TPSA) is 118 Å². The van der Waals surface area contributed by atoms with Gasteiger partial charge in [0.2, 0.25) is 11.8 Å². The molecule has 3 atom stereocenters. The Hall–Kier alpha value is -3.49. The first-order valence-electron chi connectivity index (χ1n) is 12.0. The number of likely N-dealkylation sites (tertiary alicyclic amines) is 1. The van der Waals surface area contributed by atoms with Crippen molar-refractivity contribution in [3.63, 3.8) is 0 Å². The molecule has 0 bridgehead atoms. The smallest absolute Gasteiger partial charge is 0.248 e. The van der Waals surface area contributed by atoms with Gasteiger partial charge in [-0.1, -0.05) is 36.8 Å². The van der Waals surface area contributed by atoms with Gasteiger partial charge in [0, 0.05) is 29.2 Å². The number of pyridine rings is 1. The van der Waals surface area contributed by atoms with E-state index in [1.807, 2.05) is 61.5 Å². The van der Waals surface area contributed by atoms with Crippen molar-refractivity contribution in [3.05, 3.63) is 71.4 Å². The third kappa shape index (κ3) is 4.24. The van der Waals surface area contributed by atoms with Crippen LogP contribution in [0.2, 0.25) is 0 Å². The van der Waals surface area contributed by atoms with E-state index >= 15 is 0 Å². The lowest BCUT2D eigenvalue weighted by Crippen LogP contribution is -2.50. The fourth-order valence-corrected chi connectivity index (χ4v) is 5.57. The van der Waals surface area contributed by atoms with Gasteiger partial charge in [-0.05, 0) is 56.0 Å². The zero-order valence-corrected chi connectivity index (χ0v) is 19.7. The minimum absolute atomic E-state index is 0.174. The maximum atomic E-state index is 13.4. The molecule has 2 aromatic carbocycles. The summed E-state index contributed by atoms with van der Waals surface area (Å²) in [5, 5.41) is 10.1. The van der Waals surface area contributed by atoms with Gasteiger partial charge in [-0.15, -0.1) is 0 Å². The molecule has 3 aromatic rings. The van der Waals surface area contributed by atoms with Gasteiger partial charge in [-0.2, -0.15) is 0 Å². The summed E-state index contributed by atoms with van der Waals surface area (Å²) in [5.74, 6) is -0.329. The fraction of sp³-hybridized carbons (Fsp3) is 0.370. The number of nitrogens with two attached hydrogens (primary N) is 1. The van der Waals surface area contributed by atoms with Gasteiger partial charge >= 0.3 is 0 Å². The van der Waals surface area contributed by atoms with Crippen LogP contribution in [0.4, 0.5) is 0 Å². The van der Waals surface area contributed by atoms with Gasteiger partial charge in [0.1, 0.15) is 17.9 Å². The molecule has 4 N–H and O–H groups in total. The molecular formula is C27H30N4O4. The van der Waals surface area contributed by atoms with Crippen LogP contribution in [-0.4, -0.2) is 39.5 Å². The number of carbonyl (C=O) groups excluding carboxylic acids is 2. The maximum Gasteiger partial charge on any atom is 0.248 e. The number of para-hydroxylation sites is 1. The van der Waals surface area contributed by atoms with Gasteiger partial charge in [0.05, 0.1) is 11.4 Å². The van der Waals surface area contributed by atoms with E-state index in [0.29, 0.717) is 31.7 Å². The molecule has 1 aliphatic carbocycles. The van der Waals surface area contributed by atoms with Crippen LogP contribution in [0.1, 0.15) is 42.5 Å². The van der Waals surface area contributed by atoms with Crippen molar-refractivity contribution in [1.82, 2.24) is 15.4 Å². The number of hydrogen-bond donors (Lipinski definition) is 3. The highest BCUT2D eigenvalue weighted by Crippen LogP contribution is 2.38. The second-order valence-corrected chi connectivity index (χ2v) is 9.55.